The molecule has 0 aliphatic carbocycles. The molecule has 0 saturated heterocycles. The molecule has 3 rings (SSSR count). The second-order valence-corrected chi connectivity index (χ2v) is 5.08. The maximum atomic E-state index is 11.6. The highest BCUT2D eigenvalue weighted by molar-refractivity contribution is 5.20. The molecule has 0 spiro atoms. The van der Waals surface area contributed by atoms with Crippen LogP contribution in [0.5, 0.6) is 0 Å². The average molecular weight is 297 g/mol. The van der Waals surface area contributed by atoms with Crippen LogP contribution in [0.1, 0.15) is 22.5 Å². The van der Waals surface area contributed by atoms with Crippen molar-refractivity contribution in [1.29, 1.82) is 0 Å². The second kappa shape index (κ2) is 5.80. The Hall–Kier alpha value is -2.96. The summed E-state index contributed by atoms with van der Waals surface area (Å²) in [5.74, 6) is 0. The Bertz CT molecular complexity index is 892. The SMILES string of the molecule is Cc1c(Cc2cn(Cc3ccccc3)nn2)[nH]c(=O)[nH]c1=O. The van der Waals surface area contributed by atoms with Crippen LogP contribution in [0.15, 0.2) is 46.1 Å². The summed E-state index contributed by atoms with van der Waals surface area (Å²) in [7, 11) is 0. The standard InChI is InChI=1S/C15H15N5O2/c1-10-13(16-15(22)17-14(10)21)7-12-9-20(19-18-12)8-11-5-3-2-4-6-11/h2-6,9H,7-8H2,1H3,(H2,16,17,21,22). The van der Waals surface area contributed by atoms with E-state index in [1.807, 2.05) is 36.5 Å². The topological polar surface area (TPSA) is 96.4 Å². The zero-order chi connectivity index (χ0) is 15.5. The van der Waals surface area contributed by atoms with Crippen LogP contribution < -0.4 is 11.2 Å². The number of nitrogens with zero attached hydrogens (tertiary/aromatic N) is 3. The number of nitrogens with one attached hydrogen (secondary N) is 2. The van der Waals surface area contributed by atoms with Gasteiger partial charge in [-0.25, -0.2) is 9.48 Å². The summed E-state index contributed by atoms with van der Waals surface area (Å²) < 4.78 is 1.73. The Balaban J connectivity index is 1.80. The quantitative estimate of drug-likeness (QED) is 0.737. The minimum absolute atomic E-state index is 0.361. The summed E-state index contributed by atoms with van der Waals surface area (Å²) in [6.07, 6.45) is 2.17. The summed E-state index contributed by atoms with van der Waals surface area (Å²) in [6, 6.07) is 9.93. The lowest BCUT2D eigenvalue weighted by Gasteiger charge is -2.01. The van der Waals surface area contributed by atoms with E-state index in [1.165, 1.54) is 0 Å². The number of H-pyrrole nitrogens is 2. The Morgan fingerprint density at radius 1 is 1.14 bits per heavy atom. The van der Waals surface area contributed by atoms with Gasteiger partial charge in [-0.15, -0.1) is 5.10 Å². The molecule has 7 heteroatoms. The van der Waals surface area contributed by atoms with E-state index < -0.39 is 5.69 Å². The van der Waals surface area contributed by atoms with Gasteiger partial charge in [0.05, 0.1) is 12.2 Å². The largest absolute Gasteiger partial charge is 0.325 e. The molecule has 22 heavy (non-hydrogen) atoms. The first-order valence-electron chi connectivity index (χ1n) is 6.87. The number of hydrogen-bond donors (Lipinski definition) is 2. The molecule has 0 aliphatic rings. The fraction of sp³-hybridized carbons (Fsp3) is 0.200. The van der Waals surface area contributed by atoms with Gasteiger partial charge in [0.2, 0.25) is 0 Å². The zero-order valence-corrected chi connectivity index (χ0v) is 12.0. The van der Waals surface area contributed by atoms with Crippen molar-refractivity contribution in [3.8, 4) is 0 Å². The van der Waals surface area contributed by atoms with E-state index in [1.54, 1.807) is 11.6 Å². The van der Waals surface area contributed by atoms with E-state index in [0.717, 1.165) is 5.56 Å². The van der Waals surface area contributed by atoms with E-state index in [0.29, 0.717) is 29.9 Å². The van der Waals surface area contributed by atoms with Gasteiger partial charge in [0.25, 0.3) is 5.56 Å². The Kier molecular flexibility index (Phi) is 3.69. The fourth-order valence-corrected chi connectivity index (χ4v) is 2.22. The first kappa shape index (κ1) is 14.0. The summed E-state index contributed by atoms with van der Waals surface area (Å²) >= 11 is 0. The van der Waals surface area contributed by atoms with E-state index in [4.69, 9.17) is 0 Å². The summed E-state index contributed by atoms with van der Waals surface area (Å²) in [5, 5.41) is 8.16. The first-order valence-corrected chi connectivity index (χ1v) is 6.87. The number of hydrogen-bond acceptors (Lipinski definition) is 4. The average Bonchev–Trinajstić information content (AvgIpc) is 2.92. The Morgan fingerprint density at radius 2 is 1.91 bits per heavy atom. The highest BCUT2D eigenvalue weighted by Crippen LogP contribution is 2.06. The predicted molar refractivity (Wildman–Crippen MR) is 80.8 cm³/mol. The van der Waals surface area contributed by atoms with Crippen molar-refractivity contribution >= 4 is 0 Å². The molecule has 0 amide bonds. The van der Waals surface area contributed by atoms with Crippen molar-refractivity contribution in [2.75, 3.05) is 0 Å². The Labute approximate surface area is 125 Å². The molecule has 3 aromatic rings. The fourth-order valence-electron chi connectivity index (χ4n) is 2.22. The molecule has 0 bridgehead atoms. The normalized spacial score (nSPS) is 10.8. The van der Waals surface area contributed by atoms with Crippen molar-refractivity contribution in [2.24, 2.45) is 0 Å². The van der Waals surface area contributed by atoms with Gasteiger partial charge in [0, 0.05) is 23.9 Å². The monoisotopic (exact) mass is 297 g/mol. The van der Waals surface area contributed by atoms with Gasteiger partial charge in [-0.3, -0.25) is 9.78 Å². The minimum Gasteiger partial charge on any atom is -0.311 e. The lowest BCUT2D eigenvalue weighted by molar-refractivity contribution is 0.649. The van der Waals surface area contributed by atoms with Crippen LogP contribution >= 0.6 is 0 Å². The van der Waals surface area contributed by atoms with Gasteiger partial charge in [-0.1, -0.05) is 35.5 Å². The van der Waals surface area contributed by atoms with Crippen molar-refractivity contribution in [3.05, 3.63) is 79.9 Å². The third kappa shape index (κ3) is 3.03. The maximum Gasteiger partial charge on any atom is 0.325 e. The van der Waals surface area contributed by atoms with Crippen LogP contribution in [-0.4, -0.2) is 25.0 Å². The molecule has 0 unspecified atom stereocenters. The van der Waals surface area contributed by atoms with Crippen LogP contribution in [0, 0.1) is 6.92 Å². The van der Waals surface area contributed by atoms with Crippen LogP contribution in [0.25, 0.3) is 0 Å². The van der Waals surface area contributed by atoms with Gasteiger partial charge in [-0.2, -0.15) is 0 Å². The van der Waals surface area contributed by atoms with Gasteiger partial charge in [0.15, 0.2) is 0 Å². The molecule has 112 valence electrons. The minimum atomic E-state index is -0.512. The summed E-state index contributed by atoms with van der Waals surface area (Å²) in [6.45, 7) is 2.29. The lowest BCUT2D eigenvalue weighted by atomic mass is 10.1. The number of aromatic amines is 2. The number of aromatic nitrogens is 5. The van der Waals surface area contributed by atoms with Crippen LogP contribution in [0.2, 0.25) is 0 Å². The third-order valence-corrected chi connectivity index (χ3v) is 3.42. The molecule has 0 radical (unpaired) electrons. The highest BCUT2D eigenvalue weighted by Gasteiger charge is 2.08. The van der Waals surface area contributed by atoms with Crippen molar-refractivity contribution in [2.45, 2.75) is 19.9 Å². The highest BCUT2D eigenvalue weighted by atomic mass is 16.2. The molecule has 0 atom stereocenters. The molecule has 0 saturated carbocycles. The molecule has 2 heterocycles. The van der Waals surface area contributed by atoms with Crippen LogP contribution in [0.3, 0.4) is 0 Å². The van der Waals surface area contributed by atoms with Crippen molar-refractivity contribution in [3.63, 3.8) is 0 Å². The van der Waals surface area contributed by atoms with Crippen molar-refractivity contribution < 1.29 is 0 Å². The lowest BCUT2D eigenvalue weighted by Crippen LogP contribution is -2.26. The number of benzene rings is 1. The van der Waals surface area contributed by atoms with Crippen LogP contribution in [-0.2, 0) is 13.0 Å². The molecule has 2 aromatic heterocycles. The summed E-state index contributed by atoms with van der Waals surface area (Å²) in [4.78, 5) is 27.8. The molecule has 0 aliphatic heterocycles. The van der Waals surface area contributed by atoms with Gasteiger partial charge in [0.1, 0.15) is 0 Å². The maximum absolute atomic E-state index is 11.6. The van der Waals surface area contributed by atoms with E-state index in [2.05, 4.69) is 20.3 Å². The smallest absolute Gasteiger partial charge is 0.311 e. The summed E-state index contributed by atoms with van der Waals surface area (Å²) in [5.41, 5.74) is 1.97. The second-order valence-electron chi connectivity index (χ2n) is 5.08. The molecule has 1 aromatic carbocycles. The number of rotatable bonds is 4. The van der Waals surface area contributed by atoms with E-state index >= 15 is 0 Å². The van der Waals surface area contributed by atoms with E-state index in [-0.39, 0.29) is 5.56 Å². The Morgan fingerprint density at radius 3 is 2.68 bits per heavy atom. The molecule has 7 nitrogen and oxygen atoms in total. The van der Waals surface area contributed by atoms with Gasteiger partial charge >= 0.3 is 5.69 Å². The van der Waals surface area contributed by atoms with E-state index in [9.17, 15) is 9.59 Å². The van der Waals surface area contributed by atoms with Gasteiger partial charge < -0.3 is 4.98 Å². The predicted octanol–water partition coefficient (Wildman–Crippen LogP) is 0.602. The van der Waals surface area contributed by atoms with Crippen LogP contribution in [0.4, 0.5) is 0 Å². The molecular formula is C15H15N5O2. The first-order chi connectivity index (χ1) is 10.6. The van der Waals surface area contributed by atoms with Gasteiger partial charge in [-0.05, 0) is 12.5 Å². The molecule has 2 N–H and O–H groups in total. The third-order valence-electron chi connectivity index (χ3n) is 3.42. The zero-order valence-electron chi connectivity index (χ0n) is 12.0. The molecule has 0 fully saturated rings. The molecular weight excluding hydrogens is 282 g/mol. The van der Waals surface area contributed by atoms with Crippen molar-refractivity contribution in [1.82, 2.24) is 25.0 Å².